The van der Waals surface area contributed by atoms with Crippen molar-refractivity contribution >= 4 is 11.9 Å². The van der Waals surface area contributed by atoms with E-state index < -0.39 is 87.0 Å². The molecule has 41 heavy (non-hydrogen) atoms. The summed E-state index contributed by atoms with van der Waals surface area (Å²) in [4.78, 5) is 77.0. The van der Waals surface area contributed by atoms with E-state index in [-0.39, 0.29) is 24.5 Å². The highest BCUT2D eigenvalue weighted by Gasteiger charge is 2.41. The summed E-state index contributed by atoms with van der Waals surface area (Å²) in [5.41, 5.74) is -5.92. The van der Waals surface area contributed by atoms with Crippen LogP contribution in [0.3, 0.4) is 0 Å². The maximum atomic E-state index is 13.2. The first-order chi connectivity index (χ1) is 19.3. The van der Waals surface area contributed by atoms with Gasteiger partial charge in [-0.3, -0.25) is 23.9 Å². The molecule has 3 atom stereocenters. The van der Waals surface area contributed by atoms with E-state index in [4.69, 9.17) is 23.0 Å². The van der Waals surface area contributed by atoms with Crippen molar-refractivity contribution in [2.75, 3.05) is 6.61 Å². The second-order valence-corrected chi connectivity index (χ2v) is 9.39. The van der Waals surface area contributed by atoms with Crippen LogP contribution in [-0.2, 0) is 23.8 Å². The number of nitrogens with zero attached hydrogens (tertiary/aromatic N) is 1. The number of esters is 2. The minimum atomic E-state index is -1.78. The largest absolute Gasteiger partial charge is 0.507 e. The number of aromatic hydroxyl groups is 2. The monoisotopic (exact) mass is 574 g/mol. The number of carbonyl (C=O) groups is 2. The molecule has 0 aromatic carbocycles. The Morgan fingerprint density at radius 3 is 2.05 bits per heavy atom. The molecule has 15 heteroatoms. The second kappa shape index (κ2) is 11.3. The Balaban J connectivity index is 1.91. The van der Waals surface area contributed by atoms with Crippen molar-refractivity contribution in [2.45, 2.75) is 58.5 Å². The van der Waals surface area contributed by atoms with Crippen LogP contribution in [0.5, 0.6) is 11.5 Å². The highest BCUT2D eigenvalue weighted by molar-refractivity contribution is 5.66. The molecule has 0 aliphatic carbocycles. The predicted octanol–water partition coefficient (Wildman–Crippen LogP) is 0.434. The van der Waals surface area contributed by atoms with Crippen molar-refractivity contribution in [2.24, 2.45) is 0 Å². The first kappa shape index (κ1) is 29.1. The average Bonchev–Trinajstić information content (AvgIpc) is 3.22. The molecule has 0 radical (unpaired) electrons. The van der Waals surface area contributed by atoms with E-state index in [0.29, 0.717) is 0 Å². The molecule has 3 N–H and O–H groups in total. The minimum Gasteiger partial charge on any atom is -0.507 e. The van der Waals surface area contributed by atoms with Gasteiger partial charge in [0.15, 0.2) is 0 Å². The van der Waals surface area contributed by atoms with Gasteiger partial charge in [-0.1, -0.05) is 0 Å². The standard InChI is InChI=1S/C26H26N2O13/c1-10-5-15(31)21(24(34)38-10)20(22-16(32)6-11(2)39-25(22)35)14-8-28(26(36)27-23(14)33)19-7-17(40-13(4)30)18(41-19)9-37-12(3)29/h5-6,8,17-20,31-32H,7,9H2,1-4H3,(H,27,33,36)/t17-,18+,19+/m0/s1. The zero-order valence-corrected chi connectivity index (χ0v) is 22.3. The lowest BCUT2D eigenvalue weighted by Gasteiger charge is -2.20. The third-order valence-electron chi connectivity index (χ3n) is 6.32. The van der Waals surface area contributed by atoms with Crippen molar-refractivity contribution in [3.05, 3.63) is 88.2 Å². The number of carbonyl (C=O) groups excluding carboxylic acids is 2. The number of rotatable bonds is 7. The van der Waals surface area contributed by atoms with Crippen LogP contribution in [0.2, 0.25) is 0 Å². The van der Waals surface area contributed by atoms with Crippen LogP contribution in [-0.4, -0.2) is 50.5 Å². The van der Waals surface area contributed by atoms with Crippen LogP contribution < -0.4 is 22.5 Å². The number of H-pyrrole nitrogens is 1. The molecule has 1 aliphatic heterocycles. The zero-order valence-electron chi connectivity index (χ0n) is 22.3. The summed E-state index contributed by atoms with van der Waals surface area (Å²) < 4.78 is 27.2. The number of aromatic amines is 1. The normalized spacial score (nSPS) is 18.4. The number of ether oxygens (including phenoxy) is 3. The Morgan fingerprint density at radius 2 is 1.56 bits per heavy atom. The van der Waals surface area contributed by atoms with Crippen molar-refractivity contribution in [3.63, 3.8) is 0 Å². The quantitative estimate of drug-likeness (QED) is 0.327. The van der Waals surface area contributed by atoms with Gasteiger partial charge in [0.2, 0.25) is 0 Å². The lowest BCUT2D eigenvalue weighted by atomic mass is 9.87. The molecular formula is C26H26N2O13. The van der Waals surface area contributed by atoms with Crippen LogP contribution in [0.15, 0.2) is 46.3 Å². The second-order valence-electron chi connectivity index (χ2n) is 9.39. The molecule has 3 aromatic heterocycles. The Morgan fingerprint density at radius 1 is 1.00 bits per heavy atom. The van der Waals surface area contributed by atoms with Crippen molar-refractivity contribution in [1.82, 2.24) is 9.55 Å². The topological polar surface area (TPSA) is 218 Å². The highest BCUT2D eigenvalue weighted by atomic mass is 16.6. The van der Waals surface area contributed by atoms with Crippen molar-refractivity contribution in [1.29, 1.82) is 0 Å². The first-order valence-corrected chi connectivity index (χ1v) is 12.2. The van der Waals surface area contributed by atoms with Crippen molar-refractivity contribution in [3.8, 4) is 11.5 Å². The molecule has 1 fully saturated rings. The Labute approximate surface area is 229 Å². The smallest absolute Gasteiger partial charge is 0.343 e. The molecule has 0 unspecified atom stereocenters. The number of nitrogens with one attached hydrogen (secondary N) is 1. The molecule has 4 rings (SSSR count). The predicted molar refractivity (Wildman–Crippen MR) is 136 cm³/mol. The molecule has 0 spiro atoms. The Hall–Kier alpha value is -4.92. The van der Waals surface area contributed by atoms with E-state index in [1.54, 1.807) is 0 Å². The third kappa shape index (κ3) is 5.99. The fraction of sp³-hybridized carbons (Fsp3) is 0.385. The average molecular weight is 574 g/mol. The third-order valence-corrected chi connectivity index (χ3v) is 6.32. The number of aryl methyl sites for hydroxylation is 2. The zero-order chi connectivity index (χ0) is 30.2. The van der Waals surface area contributed by atoms with Crippen molar-refractivity contribution < 1.29 is 42.8 Å². The molecular weight excluding hydrogens is 548 g/mol. The molecule has 0 amide bonds. The van der Waals surface area contributed by atoms with Crippen LogP contribution in [0, 0.1) is 13.8 Å². The van der Waals surface area contributed by atoms with Gasteiger partial charge in [0.05, 0.1) is 17.0 Å². The highest BCUT2D eigenvalue weighted by Crippen LogP contribution is 2.37. The number of aromatic nitrogens is 2. The fourth-order valence-electron chi connectivity index (χ4n) is 4.68. The molecule has 4 heterocycles. The maximum absolute atomic E-state index is 13.2. The summed E-state index contributed by atoms with van der Waals surface area (Å²) in [6.45, 7) is 4.78. The van der Waals surface area contributed by atoms with E-state index in [9.17, 15) is 39.0 Å². The van der Waals surface area contributed by atoms with E-state index in [1.165, 1.54) is 20.8 Å². The van der Waals surface area contributed by atoms with E-state index in [0.717, 1.165) is 29.8 Å². The first-order valence-electron chi connectivity index (χ1n) is 12.2. The SMILES string of the molecule is CC(=O)OC[C@H]1O[C@@H](n2cc(C(c3c(O)cc(C)oc3=O)c3c(O)cc(C)oc3=O)c(=O)[nH]c2=O)C[C@@H]1OC(C)=O. The van der Waals surface area contributed by atoms with Gasteiger partial charge in [0, 0.05) is 44.2 Å². The molecule has 3 aromatic rings. The molecule has 15 nitrogen and oxygen atoms in total. The van der Waals surface area contributed by atoms with Crippen LogP contribution in [0.25, 0.3) is 0 Å². The van der Waals surface area contributed by atoms with Gasteiger partial charge in [0.1, 0.15) is 48.1 Å². The summed E-state index contributed by atoms with van der Waals surface area (Å²) in [7, 11) is 0. The maximum Gasteiger partial charge on any atom is 0.343 e. The number of hydrogen-bond donors (Lipinski definition) is 3. The van der Waals surface area contributed by atoms with E-state index in [2.05, 4.69) is 4.98 Å². The van der Waals surface area contributed by atoms with Crippen LogP contribution in [0.1, 0.15) is 60.6 Å². The molecule has 218 valence electrons. The molecule has 0 saturated carbocycles. The van der Waals surface area contributed by atoms with Crippen LogP contribution in [0.4, 0.5) is 0 Å². The van der Waals surface area contributed by atoms with E-state index >= 15 is 0 Å². The lowest BCUT2D eigenvalue weighted by molar-refractivity contribution is -0.155. The van der Waals surface area contributed by atoms with Gasteiger partial charge >= 0.3 is 28.9 Å². The molecule has 0 bridgehead atoms. The van der Waals surface area contributed by atoms with Gasteiger partial charge in [-0.25, -0.2) is 14.4 Å². The number of hydrogen-bond acceptors (Lipinski definition) is 13. The molecule has 1 saturated heterocycles. The summed E-state index contributed by atoms with van der Waals surface area (Å²) >= 11 is 0. The van der Waals surface area contributed by atoms with Gasteiger partial charge < -0.3 is 33.3 Å². The Kier molecular flexibility index (Phi) is 8.00. The summed E-state index contributed by atoms with van der Waals surface area (Å²) in [5.74, 6) is -4.35. The van der Waals surface area contributed by atoms with Crippen LogP contribution >= 0.6 is 0 Å². The summed E-state index contributed by atoms with van der Waals surface area (Å²) in [6.07, 6.45) is -2.25. The van der Waals surface area contributed by atoms with Gasteiger partial charge in [-0.15, -0.1) is 0 Å². The minimum absolute atomic E-state index is 0.0173. The van der Waals surface area contributed by atoms with Gasteiger partial charge in [-0.05, 0) is 13.8 Å². The summed E-state index contributed by atoms with van der Waals surface area (Å²) in [6, 6.07) is 2.15. The van der Waals surface area contributed by atoms with Gasteiger partial charge in [-0.2, -0.15) is 0 Å². The van der Waals surface area contributed by atoms with Gasteiger partial charge in [0.25, 0.3) is 5.56 Å². The van der Waals surface area contributed by atoms with E-state index in [1.807, 2.05) is 0 Å². The summed E-state index contributed by atoms with van der Waals surface area (Å²) in [5, 5.41) is 21.4. The Bertz CT molecular complexity index is 1680. The molecule has 1 aliphatic rings. The fourth-order valence-corrected chi connectivity index (χ4v) is 4.68. The lowest BCUT2D eigenvalue weighted by Crippen LogP contribution is -2.36.